The molecule has 0 aromatic heterocycles. The van der Waals surface area contributed by atoms with E-state index in [1.54, 1.807) is 0 Å². The molecule has 0 spiro atoms. The number of sulfonamides is 1. The third-order valence-corrected chi connectivity index (χ3v) is 7.13. The SMILES string of the molecule is CC1CN(C2CCN(S(=O)(=O)c3ccc(Cl)cc3[N+](=O)[O-])CC2)CCO1. The molecule has 8 nitrogen and oxygen atoms in total. The third kappa shape index (κ3) is 4.01. The molecule has 0 amide bonds. The first-order valence-corrected chi connectivity index (χ1v) is 10.4. The predicted molar refractivity (Wildman–Crippen MR) is 96.9 cm³/mol. The fraction of sp³-hybridized carbons (Fsp3) is 0.625. The summed E-state index contributed by atoms with van der Waals surface area (Å²) in [4.78, 5) is 12.6. The Hall–Kier alpha value is -1.26. The number of morpholine rings is 1. The van der Waals surface area contributed by atoms with Crippen molar-refractivity contribution in [3.63, 3.8) is 0 Å². The molecule has 10 heteroatoms. The normalized spacial score (nSPS) is 23.8. The molecule has 0 N–H and O–H groups in total. The van der Waals surface area contributed by atoms with Crippen LogP contribution in [0.1, 0.15) is 19.8 Å². The molecular weight excluding hydrogens is 382 g/mol. The number of halogens is 1. The van der Waals surface area contributed by atoms with Gasteiger partial charge in [0.05, 0.1) is 17.6 Å². The lowest BCUT2D eigenvalue weighted by molar-refractivity contribution is -0.387. The smallest absolute Gasteiger partial charge is 0.290 e. The molecule has 0 saturated carbocycles. The number of hydrogen-bond donors (Lipinski definition) is 0. The monoisotopic (exact) mass is 403 g/mol. The van der Waals surface area contributed by atoms with Gasteiger partial charge in [0.15, 0.2) is 4.90 Å². The van der Waals surface area contributed by atoms with Crippen LogP contribution < -0.4 is 0 Å². The minimum Gasteiger partial charge on any atom is -0.376 e. The van der Waals surface area contributed by atoms with Crippen molar-refractivity contribution >= 4 is 27.3 Å². The molecule has 1 atom stereocenters. The predicted octanol–water partition coefficient (Wildman–Crippen LogP) is 2.12. The van der Waals surface area contributed by atoms with Gasteiger partial charge in [0.2, 0.25) is 10.0 Å². The van der Waals surface area contributed by atoms with Crippen molar-refractivity contribution < 1.29 is 18.1 Å². The number of nitro groups is 1. The molecule has 2 aliphatic heterocycles. The standard InChI is InChI=1S/C16H22ClN3O5S/c1-12-11-18(8-9-25-12)14-4-6-19(7-5-14)26(23,24)16-3-2-13(17)10-15(16)20(21)22/h2-3,10,12,14H,4-9,11H2,1H3. The van der Waals surface area contributed by atoms with Gasteiger partial charge in [-0.3, -0.25) is 15.0 Å². The number of rotatable bonds is 4. The number of ether oxygens (including phenoxy) is 1. The number of nitro benzene ring substituents is 1. The zero-order valence-electron chi connectivity index (χ0n) is 14.5. The molecule has 3 rings (SSSR count). The lowest BCUT2D eigenvalue weighted by Gasteiger charge is -2.41. The van der Waals surface area contributed by atoms with Gasteiger partial charge in [-0.05, 0) is 31.9 Å². The minimum atomic E-state index is -3.93. The first kappa shape index (κ1) is 19.5. The van der Waals surface area contributed by atoms with Gasteiger partial charge < -0.3 is 4.74 Å². The highest BCUT2D eigenvalue weighted by Gasteiger charge is 2.36. The van der Waals surface area contributed by atoms with Gasteiger partial charge >= 0.3 is 0 Å². The van der Waals surface area contributed by atoms with Gasteiger partial charge in [0.25, 0.3) is 5.69 Å². The molecule has 2 saturated heterocycles. The summed E-state index contributed by atoms with van der Waals surface area (Å²) in [5.41, 5.74) is -0.485. The Balaban J connectivity index is 1.73. The first-order valence-electron chi connectivity index (χ1n) is 8.59. The van der Waals surface area contributed by atoms with Crippen LogP contribution in [0.4, 0.5) is 5.69 Å². The molecule has 2 fully saturated rings. The van der Waals surface area contributed by atoms with Crippen molar-refractivity contribution in [2.24, 2.45) is 0 Å². The molecule has 2 heterocycles. The van der Waals surface area contributed by atoms with Crippen molar-refractivity contribution in [1.82, 2.24) is 9.21 Å². The van der Waals surface area contributed by atoms with Crippen LogP contribution in [0.2, 0.25) is 5.02 Å². The first-order chi connectivity index (χ1) is 12.3. The second kappa shape index (κ2) is 7.77. The van der Waals surface area contributed by atoms with Crippen LogP contribution in [0.15, 0.2) is 23.1 Å². The summed E-state index contributed by atoms with van der Waals surface area (Å²) in [5, 5.41) is 11.4. The van der Waals surface area contributed by atoms with E-state index in [-0.39, 0.29) is 16.0 Å². The zero-order valence-corrected chi connectivity index (χ0v) is 16.1. The van der Waals surface area contributed by atoms with Crippen molar-refractivity contribution in [3.05, 3.63) is 33.3 Å². The summed E-state index contributed by atoms with van der Waals surface area (Å²) in [5.74, 6) is 0. The number of benzene rings is 1. The topological polar surface area (TPSA) is 93.0 Å². The van der Waals surface area contributed by atoms with Crippen LogP contribution in [-0.2, 0) is 14.8 Å². The largest absolute Gasteiger partial charge is 0.376 e. The van der Waals surface area contributed by atoms with E-state index in [9.17, 15) is 18.5 Å². The summed E-state index contributed by atoms with van der Waals surface area (Å²) in [6.45, 7) is 5.11. The maximum atomic E-state index is 12.9. The van der Waals surface area contributed by atoms with Gasteiger partial charge in [-0.1, -0.05) is 11.6 Å². The second-order valence-electron chi connectivity index (χ2n) is 6.68. The van der Waals surface area contributed by atoms with Crippen molar-refractivity contribution in [2.45, 2.75) is 36.8 Å². The van der Waals surface area contributed by atoms with E-state index < -0.39 is 20.6 Å². The third-order valence-electron chi connectivity index (χ3n) is 4.95. The van der Waals surface area contributed by atoms with Crippen molar-refractivity contribution in [3.8, 4) is 0 Å². The van der Waals surface area contributed by atoms with Gasteiger partial charge in [0.1, 0.15) is 0 Å². The molecule has 2 aliphatic rings. The molecule has 1 unspecified atom stereocenters. The maximum absolute atomic E-state index is 12.9. The van der Waals surface area contributed by atoms with Crippen LogP contribution in [0, 0.1) is 10.1 Å². The number of piperidine rings is 1. The lowest BCUT2D eigenvalue weighted by Crippen LogP contribution is -2.51. The van der Waals surface area contributed by atoms with E-state index in [4.69, 9.17) is 16.3 Å². The van der Waals surface area contributed by atoms with E-state index >= 15 is 0 Å². The van der Waals surface area contributed by atoms with Gasteiger partial charge in [-0.25, -0.2) is 8.42 Å². The zero-order chi connectivity index (χ0) is 18.9. The summed E-state index contributed by atoms with van der Waals surface area (Å²) in [7, 11) is -3.93. The van der Waals surface area contributed by atoms with E-state index in [1.165, 1.54) is 16.4 Å². The molecule has 1 aromatic rings. The Morgan fingerprint density at radius 1 is 1.27 bits per heavy atom. The highest BCUT2D eigenvalue weighted by molar-refractivity contribution is 7.89. The van der Waals surface area contributed by atoms with Crippen LogP contribution in [0.25, 0.3) is 0 Å². The fourth-order valence-corrected chi connectivity index (χ4v) is 5.39. The van der Waals surface area contributed by atoms with Gasteiger partial charge in [-0.2, -0.15) is 4.31 Å². The van der Waals surface area contributed by atoms with E-state index in [0.29, 0.717) is 38.6 Å². The van der Waals surface area contributed by atoms with Crippen LogP contribution in [-0.4, -0.2) is 67.5 Å². The summed E-state index contributed by atoms with van der Waals surface area (Å²) in [6, 6.07) is 3.97. The molecule has 1 aromatic carbocycles. The molecule has 144 valence electrons. The highest BCUT2D eigenvalue weighted by Crippen LogP contribution is 2.31. The van der Waals surface area contributed by atoms with E-state index in [0.717, 1.165) is 19.2 Å². The highest BCUT2D eigenvalue weighted by atomic mass is 35.5. The Morgan fingerprint density at radius 3 is 2.58 bits per heavy atom. The lowest BCUT2D eigenvalue weighted by atomic mass is 10.0. The van der Waals surface area contributed by atoms with Crippen LogP contribution >= 0.6 is 11.6 Å². The Kier molecular flexibility index (Phi) is 5.83. The van der Waals surface area contributed by atoms with Gasteiger partial charge in [-0.15, -0.1) is 0 Å². The Morgan fingerprint density at radius 2 is 1.96 bits per heavy atom. The average Bonchev–Trinajstić information content (AvgIpc) is 2.61. The molecule has 0 radical (unpaired) electrons. The van der Waals surface area contributed by atoms with Crippen LogP contribution in [0.5, 0.6) is 0 Å². The molecule has 26 heavy (non-hydrogen) atoms. The summed E-state index contributed by atoms with van der Waals surface area (Å²) < 4.78 is 32.7. The van der Waals surface area contributed by atoms with Crippen molar-refractivity contribution in [2.75, 3.05) is 32.8 Å². The average molecular weight is 404 g/mol. The maximum Gasteiger partial charge on any atom is 0.290 e. The number of hydrogen-bond acceptors (Lipinski definition) is 6. The summed E-state index contributed by atoms with van der Waals surface area (Å²) in [6.07, 6.45) is 1.59. The summed E-state index contributed by atoms with van der Waals surface area (Å²) >= 11 is 5.79. The number of nitrogens with zero attached hydrogens (tertiary/aromatic N) is 3. The van der Waals surface area contributed by atoms with Crippen LogP contribution in [0.3, 0.4) is 0 Å². The quantitative estimate of drug-likeness (QED) is 0.564. The fourth-order valence-electron chi connectivity index (χ4n) is 3.62. The molecular formula is C16H22ClN3O5S. The Bertz CT molecular complexity index is 780. The Labute approximate surface area is 157 Å². The van der Waals surface area contributed by atoms with E-state index in [2.05, 4.69) is 4.90 Å². The molecule has 0 aliphatic carbocycles. The van der Waals surface area contributed by atoms with E-state index in [1.807, 2.05) is 6.92 Å². The second-order valence-corrected chi connectivity index (χ2v) is 9.02. The minimum absolute atomic E-state index is 0.135. The molecule has 0 bridgehead atoms. The van der Waals surface area contributed by atoms with Gasteiger partial charge in [0, 0.05) is 43.3 Å². The van der Waals surface area contributed by atoms with Crippen molar-refractivity contribution in [1.29, 1.82) is 0 Å².